The lowest BCUT2D eigenvalue weighted by Crippen LogP contribution is -2.32. The fourth-order valence-corrected chi connectivity index (χ4v) is 6.50. The number of carbonyl (C=O) groups is 2. The van der Waals surface area contributed by atoms with Crippen LogP contribution in [0.5, 0.6) is 5.88 Å². The third kappa shape index (κ3) is 7.07. The second-order valence-electron chi connectivity index (χ2n) is 11.8. The van der Waals surface area contributed by atoms with Crippen molar-refractivity contribution in [3.05, 3.63) is 87.9 Å². The number of esters is 1. The van der Waals surface area contributed by atoms with E-state index in [1.54, 1.807) is 31.3 Å². The highest BCUT2D eigenvalue weighted by atomic mass is 32.2. The summed E-state index contributed by atoms with van der Waals surface area (Å²) in [7, 11) is -1.20. The molecule has 1 aliphatic rings. The Bertz CT molecular complexity index is 2060. The van der Waals surface area contributed by atoms with Gasteiger partial charge in [-0.15, -0.1) is 0 Å². The van der Waals surface area contributed by atoms with E-state index in [1.807, 2.05) is 13.8 Å². The molecule has 3 heterocycles. The van der Waals surface area contributed by atoms with Crippen LogP contribution in [0.3, 0.4) is 0 Å². The predicted molar refractivity (Wildman–Crippen MR) is 172 cm³/mol. The Labute approximate surface area is 281 Å². The molecule has 0 radical (unpaired) electrons. The van der Waals surface area contributed by atoms with Gasteiger partial charge in [0.05, 0.1) is 43.6 Å². The van der Waals surface area contributed by atoms with Crippen LogP contribution in [-0.4, -0.2) is 66.8 Å². The number of hydrogen-bond acceptors (Lipinski definition) is 10. The van der Waals surface area contributed by atoms with Gasteiger partial charge in [0.25, 0.3) is 0 Å². The van der Waals surface area contributed by atoms with Gasteiger partial charge in [-0.1, -0.05) is 11.6 Å². The molecule has 11 nitrogen and oxygen atoms in total. The van der Waals surface area contributed by atoms with Gasteiger partial charge < -0.3 is 14.2 Å². The Hall–Kier alpha value is -5.05. The number of methoxy groups -OCH3 is 2. The molecule has 0 saturated carbocycles. The minimum atomic E-state index is -4.60. The molecular weight excluding hydrogens is 665 g/mol. The Kier molecular flexibility index (Phi) is 9.43. The first-order chi connectivity index (χ1) is 22.9. The van der Waals surface area contributed by atoms with Gasteiger partial charge in [-0.05, 0) is 80.3 Å². The van der Waals surface area contributed by atoms with Crippen molar-refractivity contribution in [2.24, 2.45) is 0 Å². The molecule has 0 N–H and O–H groups in total. The number of cyclic esters (lactones) is 1. The SMILES string of the molecule is COC(=O)c1cc(C)c(-c2cnc(OC)c(-c3cnc(S(C)(=O)=O)nc3CN3C(=O)O[C@H](c4cc(C)cc(C(F)(F)F)c4)[C@@H]3C)c2)c(C)c1. The summed E-state index contributed by atoms with van der Waals surface area (Å²) in [5.74, 6) is -0.337. The van der Waals surface area contributed by atoms with Crippen LogP contribution in [0.4, 0.5) is 18.0 Å². The third-order valence-electron chi connectivity index (χ3n) is 8.22. The molecule has 0 aliphatic carbocycles. The average molecular weight is 699 g/mol. The zero-order valence-corrected chi connectivity index (χ0v) is 28.5. The number of aryl methyl sites for hydroxylation is 3. The van der Waals surface area contributed by atoms with Crippen molar-refractivity contribution in [2.75, 3.05) is 20.5 Å². The first-order valence-electron chi connectivity index (χ1n) is 14.9. The van der Waals surface area contributed by atoms with E-state index in [-0.39, 0.29) is 23.7 Å². The van der Waals surface area contributed by atoms with Crippen molar-refractivity contribution >= 4 is 21.9 Å². The maximum atomic E-state index is 13.6. The number of aromatic nitrogens is 3. The van der Waals surface area contributed by atoms with Gasteiger partial charge in [-0.25, -0.2) is 33.0 Å². The maximum absolute atomic E-state index is 13.6. The van der Waals surface area contributed by atoms with Crippen LogP contribution in [-0.2, 0) is 32.0 Å². The van der Waals surface area contributed by atoms with Crippen LogP contribution in [0.15, 0.2) is 53.9 Å². The van der Waals surface area contributed by atoms with Crippen molar-refractivity contribution in [3.8, 4) is 28.1 Å². The van der Waals surface area contributed by atoms with Gasteiger partial charge in [-0.3, -0.25) is 4.90 Å². The number of ether oxygens (including phenoxy) is 3. The largest absolute Gasteiger partial charge is 0.481 e. The fourth-order valence-electron chi connectivity index (χ4n) is 5.98. The minimum Gasteiger partial charge on any atom is -0.481 e. The van der Waals surface area contributed by atoms with Crippen LogP contribution in [0, 0.1) is 20.8 Å². The summed E-state index contributed by atoms with van der Waals surface area (Å²) in [4.78, 5) is 39.6. The van der Waals surface area contributed by atoms with E-state index in [1.165, 1.54) is 38.3 Å². The van der Waals surface area contributed by atoms with Crippen molar-refractivity contribution in [2.45, 2.75) is 57.7 Å². The lowest BCUT2D eigenvalue weighted by molar-refractivity contribution is -0.137. The zero-order valence-electron chi connectivity index (χ0n) is 27.7. The summed E-state index contributed by atoms with van der Waals surface area (Å²) < 4.78 is 81.9. The quantitative estimate of drug-likeness (QED) is 0.150. The van der Waals surface area contributed by atoms with Crippen LogP contribution >= 0.6 is 0 Å². The van der Waals surface area contributed by atoms with E-state index in [4.69, 9.17) is 14.2 Å². The van der Waals surface area contributed by atoms with E-state index >= 15 is 0 Å². The van der Waals surface area contributed by atoms with E-state index in [0.29, 0.717) is 27.8 Å². The lowest BCUT2D eigenvalue weighted by Gasteiger charge is -2.23. The molecule has 5 rings (SSSR count). The van der Waals surface area contributed by atoms with Gasteiger partial charge in [0.15, 0.2) is 0 Å². The van der Waals surface area contributed by atoms with Gasteiger partial charge in [-0.2, -0.15) is 13.2 Å². The molecule has 15 heteroatoms. The summed E-state index contributed by atoms with van der Waals surface area (Å²) in [5.41, 5.74) is 3.69. The molecule has 258 valence electrons. The highest BCUT2D eigenvalue weighted by molar-refractivity contribution is 7.90. The summed E-state index contributed by atoms with van der Waals surface area (Å²) in [6, 6.07) is 7.84. The number of amides is 1. The topological polar surface area (TPSA) is 138 Å². The van der Waals surface area contributed by atoms with Crippen LogP contribution < -0.4 is 4.74 Å². The van der Waals surface area contributed by atoms with Gasteiger partial charge >= 0.3 is 18.2 Å². The second-order valence-corrected chi connectivity index (χ2v) is 13.8. The van der Waals surface area contributed by atoms with E-state index < -0.39 is 50.9 Å². The first kappa shape index (κ1) is 35.3. The molecule has 49 heavy (non-hydrogen) atoms. The number of halogens is 3. The minimum absolute atomic E-state index is 0.104. The van der Waals surface area contributed by atoms with Gasteiger partial charge in [0, 0.05) is 35.3 Å². The maximum Gasteiger partial charge on any atom is 0.416 e. The lowest BCUT2D eigenvalue weighted by atomic mass is 9.92. The number of sulfone groups is 1. The molecule has 0 spiro atoms. The summed E-state index contributed by atoms with van der Waals surface area (Å²) in [5, 5.41) is -0.496. The highest BCUT2D eigenvalue weighted by Crippen LogP contribution is 2.40. The Morgan fingerprint density at radius 1 is 0.980 bits per heavy atom. The second kappa shape index (κ2) is 13.1. The molecule has 1 aliphatic heterocycles. The monoisotopic (exact) mass is 698 g/mol. The van der Waals surface area contributed by atoms with Crippen LogP contribution in [0.2, 0.25) is 0 Å². The zero-order chi connectivity index (χ0) is 36.0. The van der Waals surface area contributed by atoms with Crippen LogP contribution in [0.1, 0.15) is 56.9 Å². The normalized spacial score (nSPS) is 16.4. The molecule has 4 aromatic rings. The Balaban J connectivity index is 1.60. The molecule has 2 atom stereocenters. The highest BCUT2D eigenvalue weighted by Gasteiger charge is 2.42. The van der Waals surface area contributed by atoms with Crippen LogP contribution in [0.25, 0.3) is 22.3 Å². The molecule has 1 fully saturated rings. The average Bonchev–Trinajstić information content (AvgIpc) is 3.31. The first-order valence-corrected chi connectivity index (χ1v) is 16.8. The Morgan fingerprint density at radius 3 is 2.24 bits per heavy atom. The van der Waals surface area contributed by atoms with E-state index in [2.05, 4.69) is 15.0 Å². The van der Waals surface area contributed by atoms with Crippen molar-refractivity contribution in [3.63, 3.8) is 0 Å². The molecule has 2 aromatic carbocycles. The van der Waals surface area contributed by atoms with Crippen molar-refractivity contribution < 1.29 is 45.4 Å². The summed E-state index contributed by atoms with van der Waals surface area (Å²) in [6.45, 7) is 6.52. The Morgan fingerprint density at radius 2 is 1.65 bits per heavy atom. The smallest absolute Gasteiger partial charge is 0.416 e. The molecule has 1 saturated heterocycles. The van der Waals surface area contributed by atoms with E-state index in [0.717, 1.165) is 35.1 Å². The molecule has 1 amide bonds. The number of hydrogen-bond donors (Lipinski definition) is 0. The van der Waals surface area contributed by atoms with Crippen molar-refractivity contribution in [1.29, 1.82) is 0 Å². The number of pyridine rings is 1. The predicted octanol–water partition coefficient (Wildman–Crippen LogP) is 6.43. The molecular formula is C34H33F3N4O7S. The molecule has 0 unspecified atom stereocenters. The number of alkyl halides is 3. The number of nitrogens with zero attached hydrogens (tertiary/aromatic N) is 4. The fraction of sp³-hybridized carbons (Fsp3) is 0.324. The third-order valence-corrected chi connectivity index (χ3v) is 9.08. The number of rotatable bonds is 8. The number of benzene rings is 2. The molecule has 2 aromatic heterocycles. The van der Waals surface area contributed by atoms with Gasteiger partial charge in [0.2, 0.25) is 20.9 Å². The summed E-state index contributed by atoms with van der Waals surface area (Å²) >= 11 is 0. The number of carbonyl (C=O) groups excluding carboxylic acids is 2. The van der Waals surface area contributed by atoms with E-state index in [9.17, 15) is 31.2 Å². The standard InChI is InChI=1S/C34H33F3N4O7S/c1-17-8-21(12-24(9-17)34(35,36)37)29-20(4)41(33(43)48-29)16-27-26(15-39-32(40-27)49(7,44)45)25-13-23(14-38-30(25)46-5)28-18(2)10-22(11-19(28)3)31(42)47-6/h8-15,20,29H,16H2,1-7H3/t20-,29-/m0/s1. The van der Waals surface area contributed by atoms with Gasteiger partial charge in [0.1, 0.15) is 6.10 Å². The summed E-state index contributed by atoms with van der Waals surface area (Å²) in [6.07, 6.45) is -2.66. The van der Waals surface area contributed by atoms with Crippen molar-refractivity contribution in [1.82, 2.24) is 19.9 Å². The molecule has 0 bridgehead atoms.